The smallest absolute Gasteiger partial charge is 0.324 e. The maximum Gasteiger partial charge on any atom is 0.324 e. The molecule has 0 aromatic heterocycles. The molecule has 2 atom stereocenters. The highest BCUT2D eigenvalue weighted by Gasteiger charge is 2.36. The van der Waals surface area contributed by atoms with Gasteiger partial charge in [0.2, 0.25) is 0 Å². The Labute approximate surface area is 76.7 Å². The van der Waals surface area contributed by atoms with Crippen molar-refractivity contribution in [1.82, 2.24) is 10.2 Å². The van der Waals surface area contributed by atoms with Gasteiger partial charge in [0.05, 0.1) is 12.6 Å². The van der Waals surface area contributed by atoms with Gasteiger partial charge in [0.25, 0.3) is 5.91 Å². The van der Waals surface area contributed by atoms with Crippen LogP contribution in [-0.4, -0.2) is 40.6 Å². The number of amides is 3. The zero-order valence-electron chi connectivity index (χ0n) is 7.78. The van der Waals surface area contributed by atoms with Crippen LogP contribution in [0.2, 0.25) is 0 Å². The molecule has 1 aliphatic rings. The van der Waals surface area contributed by atoms with E-state index in [-0.39, 0.29) is 12.5 Å². The third-order valence-corrected chi connectivity index (χ3v) is 1.96. The van der Waals surface area contributed by atoms with Gasteiger partial charge in [-0.25, -0.2) is 4.79 Å². The largest absolute Gasteiger partial charge is 0.392 e. The molecule has 1 heterocycles. The highest BCUT2D eigenvalue weighted by Crippen LogP contribution is 2.09. The van der Waals surface area contributed by atoms with Crippen LogP contribution in [-0.2, 0) is 4.79 Å². The van der Waals surface area contributed by atoms with Crippen LogP contribution in [0.5, 0.6) is 0 Å². The zero-order valence-corrected chi connectivity index (χ0v) is 7.78. The highest BCUT2D eigenvalue weighted by atomic mass is 16.3. The van der Waals surface area contributed by atoms with Gasteiger partial charge in [-0.3, -0.25) is 9.69 Å². The molecule has 0 aromatic rings. The molecular weight excluding hydrogens is 172 g/mol. The number of carbonyl (C=O) groups is 2. The fourth-order valence-corrected chi connectivity index (χ4v) is 1.29. The first kappa shape index (κ1) is 9.98. The van der Waals surface area contributed by atoms with E-state index in [1.807, 2.05) is 6.92 Å². The predicted molar refractivity (Wildman–Crippen MR) is 46.0 cm³/mol. The quantitative estimate of drug-likeness (QED) is 0.594. The molecular formula is C8H14N2O3. The summed E-state index contributed by atoms with van der Waals surface area (Å²) in [5, 5.41) is 11.6. The van der Waals surface area contributed by atoms with Gasteiger partial charge in [0.15, 0.2) is 0 Å². The normalized spacial score (nSPS) is 24.8. The second kappa shape index (κ2) is 3.74. The van der Waals surface area contributed by atoms with Crippen molar-refractivity contribution in [3.8, 4) is 0 Å². The first-order valence-electron chi connectivity index (χ1n) is 4.36. The summed E-state index contributed by atoms with van der Waals surface area (Å²) < 4.78 is 0. The molecule has 5 heteroatoms. The lowest BCUT2D eigenvalue weighted by molar-refractivity contribution is -0.128. The van der Waals surface area contributed by atoms with Crippen molar-refractivity contribution < 1.29 is 14.7 Å². The first-order chi connectivity index (χ1) is 6.06. The molecule has 0 aromatic carbocycles. The molecule has 0 aliphatic carbocycles. The summed E-state index contributed by atoms with van der Waals surface area (Å²) >= 11 is 0. The van der Waals surface area contributed by atoms with E-state index in [1.54, 1.807) is 6.92 Å². The zero-order chi connectivity index (χ0) is 10.0. The van der Waals surface area contributed by atoms with Crippen molar-refractivity contribution in [3.05, 3.63) is 0 Å². The molecule has 0 bridgehead atoms. The van der Waals surface area contributed by atoms with Crippen LogP contribution in [0, 0.1) is 0 Å². The number of rotatable bonds is 3. The van der Waals surface area contributed by atoms with Crippen molar-refractivity contribution in [2.45, 2.75) is 32.4 Å². The number of aliphatic hydroxyl groups excluding tert-OH is 1. The van der Waals surface area contributed by atoms with Gasteiger partial charge in [-0.1, -0.05) is 6.92 Å². The summed E-state index contributed by atoms with van der Waals surface area (Å²) in [7, 11) is 0. The molecule has 1 aliphatic heterocycles. The first-order valence-corrected chi connectivity index (χ1v) is 4.36. The average Bonchev–Trinajstić information content (AvgIpc) is 2.31. The fraction of sp³-hybridized carbons (Fsp3) is 0.750. The summed E-state index contributed by atoms with van der Waals surface area (Å²) in [6.07, 6.45) is -0.0914. The molecule has 0 saturated carbocycles. The lowest BCUT2D eigenvalue weighted by Crippen LogP contribution is -2.36. The van der Waals surface area contributed by atoms with E-state index in [0.717, 1.165) is 4.90 Å². The van der Waals surface area contributed by atoms with Crippen molar-refractivity contribution >= 4 is 11.9 Å². The van der Waals surface area contributed by atoms with Gasteiger partial charge >= 0.3 is 6.03 Å². The number of hydrogen-bond acceptors (Lipinski definition) is 3. The topological polar surface area (TPSA) is 69.6 Å². The molecule has 0 spiro atoms. The van der Waals surface area contributed by atoms with Crippen LogP contribution in [0.25, 0.3) is 0 Å². The molecule has 0 radical (unpaired) electrons. The second-order valence-corrected chi connectivity index (χ2v) is 3.21. The summed E-state index contributed by atoms with van der Waals surface area (Å²) in [5.41, 5.74) is 0. The Kier molecular flexibility index (Phi) is 2.87. The van der Waals surface area contributed by atoms with Crippen LogP contribution in [0.15, 0.2) is 0 Å². The van der Waals surface area contributed by atoms with Crippen molar-refractivity contribution in [2.75, 3.05) is 6.54 Å². The van der Waals surface area contributed by atoms with E-state index < -0.39 is 18.2 Å². The highest BCUT2D eigenvalue weighted by molar-refractivity contribution is 6.04. The standard InChI is InChI=1S/C8H14N2O3/c1-3-6-7(12)10(4-5(2)11)8(13)9-6/h5-6,11H,3-4H2,1-2H3,(H,9,13)/t5-,6?/m0/s1. The number of hydrogen-bond donors (Lipinski definition) is 2. The lowest BCUT2D eigenvalue weighted by Gasteiger charge is -2.14. The number of imide groups is 1. The molecule has 2 N–H and O–H groups in total. The summed E-state index contributed by atoms with van der Waals surface area (Å²) in [4.78, 5) is 23.6. The molecule has 1 rings (SSSR count). The Morgan fingerprint density at radius 3 is 2.62 bits per heavy atom. The monoisotopic (exact) mass is 186 g/mol. The summed E-state index contributed by atoms with van der Waals surface area (Å²) in [5.74, 6) is -0.242. The van der Waals surface area contributed by atoms with Crippen LogP contribution >= 0.6 is 0 Å². The maximum atomic E-state index is 11.4. The van der Waals surface area contributed by atoms with E-state index >= 15 is 0 Å². The number of nitrogens with one attached hydrogen (secondary N) is 1. The molecule has 13 heavy (non-hydrogen) atoms. The minimum atomic E-state index is -0.676. The third kappa shape index (κ3) is 1.98. The molecule has 74 valence electrons. The van der Waals surface area contributed by atoms with Gasteiger partial charge in [0, 0.05) is 0 Å². The molecule has 3 amide bonds. The second-order valence-electron chi connectivity index (χ2n) is 3.21. The lowest BCUT2D eigenvalue weighted by atomic mass is 10.2. The van der Waals surface area contributed by atoms with Gasteiger partial charge in [-0.05, 0) is 13.3 Å². The van der Waals surface area contributed by atoms with Gasteiger partial charge in [-0.2, -0.15) is 0 Å². The van der Waals surface area contributed by atoms with E-state index in [9.17, 15) is 9.59 Å². The van der Waals surface area contributed by atoms with E-state index in [1.165, 1.54) is 0 Å². The number of urea groups is 1. The Bertz CT molecular complexity index is 227. The number of β-amino-alcohol motifs (C(OH)–C–C–N with tert-alkyl or cyclic N) is 1. The van der Waals surface area contributed by atoms with Gasteiger partial charge in [0.1, 0.15) is 6.04 Å². The van der Waals surface area contributed by atoms with Gasteiger partial charge < -0.3 is 10.4 Å². The Morgan fingerprint density at radius 2 is 2.23 bits per heavy atom. The summed E-state index contributed by atoms with van der Waals surface area (Å²) in [6, 6.07) is -0.816. The number of carbonyl (C=O) groups excluding carboxylic acids is 2. The Balaban J connectivity index is 2.65. The number of aliphatic hydroxyl groups is 1. The minimum absolute atomic E-state index is 0.0706. The fourth-order valence-electron chi connectivity index (χ4n) is 1.29. The number of nitrogens with zero attached hydrogens (tertiary/aromatic N) is 1. The van der Waals surface area contributed by atoms with E-state index in [0.29, 0.717) is 6.42 Å². The molecule has 1 fully saturated rings. The van der Waals surface area contributed by atoms with Crippen LogP contribution in [0.1, 0.15) is 20.3 Å². The van der Waals surface area contributed by atoms with Crippen LogP contribution in [0.3, 0.4) is 0 Å². The van der Waals surface area contributed by atoms with E-state index in [4.69, 9.17) is 5.11 Å². The Hall–Kier alpha value is -1.10. The van der Waals surface area contributed by atoms with Crippen molar-refractivity contribution in [1.29, 1.82) is 0 Å². The SMILES string of the molecule is CCC1NC(=O)N(C[C@H](C)O)C1=O. The summed E-state index contributed by atoms with van der Waals surface area (Å²) in [6.45, 7) is 3.44. The molecule has 1 saturated heterocycles. The van der Waals surface area contributed by atoms with Crippen molar-refractivity contribution in [2.24, 2.45) is 0 Å². The maximum absolute atomic E-state index is 11.4. The predicted octanol–water partition coefficient (Wildman–Crippen LogP) is -0.302. The Morgan fingerprint density at radius 1 is 1.62 bits per heavy atom. The minimum Gasteiger partial charge on any atom is -0.392 e. The van der Waals surface area contributed by atoms with Crippen LogP contribution in [0.4, 0.5) is 4.79 Å². The van der Waals surface area contributed by atoms with Crippen LogP contribution < -0.4 is 5.32 Å². The van der Waals surface area contributed by atoms with E-state index in [2.05, 4.69) is 5.32 Å². The molecule has 5 nitrogen and oxygen atoms in total. The average molecular weight is 186 g/mol. The van der Waals surface area contributed by atoms with Crippen molar-refractivity contribution in [3.63, 3.8) is 0 Å². The molecule has 1 unspecified atom stereocenters. The van der Waals surface area contributed by atoms with Gasteiger partial charge in [-0.15, -0.1) is 0 Å². The third-order valence-electron chi connectivity index (χ3n) is 1.96.